The zero-order chi connectivity index (χ0) is 28.1. The van der Waals surface area contributed by atoms with Crippen LogP contribution in [0.1, 0.15) is 16.7 Å². The molecule has 42 heavy (non-hydrogen) atoms. The molecular weight excluding hydrogens is 677 g/mol. The van der Waals surface area contributed by atoms with Crippen LogP contribution in [-0.4, -0.2) is 9.77 Å². The SMILES string of the molecule is Cl.O=c1c(-c2ccc(Cl)cc2)[n+](Cc2ccc(Cl)cc2)nc(SCc2ccc(Cl)cc2)n1NCc1ccc(Cl)cc1.[Cl-]. The smallest absolute Gasteiger partial charge is 0.346 e. The van der Waals surface area contributed by atoms with Crippen LogP contribution in [0.15, 0.2) is 107 Å². The summed E-state index contributed by atoms with van der Waals surface area (Å²) >= 11 is 25.9. The van der Waals surface area contributed by atoms with E-state index in [2.05, 4.69) is 5.43 Å². The summed E-state index contributed by atoms with van der Waals surface area (Å²) in [6.45, 7) is 0.769. The molecular formula is C30H24Cl6N4OS. The van der Waals surface area contributed by atoms with Gasteiger partial charge in [-0.2, -0.15) is 4.68 Å². The highest BCUT2D eigenvalue weighted by Crippen LogP contribution is 2.23. The maximum absolute atomic E-state index is 14.2. The van der Waals surface area contributed by atoms with Gasteiger partial charge in [-0.1, -0.05) is 99.2 Å². The molecule has 5 rings (SSSR count). The quantitative estimate of drug-likeness (QED) is 0.167. The summed E-state index contributed by atoms with van der Waals surface area (Å²) in [5.41, 5.74) is 7.15. The zero-order valence-corrected chi connectivity index (χ0v) is 27.2. The number of rotatable bonds is 9. The van der Waals surface area contributed by atoms with Crippen molar-refractivity contribution < 1.29 is 17.1 Å². The van der Waals surface area contributed by atoms with Crippen LogP contribution in [0, 0.1) is 0 Å². The van der Waals surface area contributed by atoms with Crippen molar-refractivity contribution in [3.8, 4) is 11.3 Å². The number of nitrogens with zero attached hydrogens (tertiary/aromatic N) is 3. The molecule has 5 nitrogen and oxygen atoms in total. The molecule has 0 bridgehead atoms. The van der Waals surface area contributed by atoms with Crippen LogP contribution in [0.4, 0.5) is 0 Å². The Balaban J connectivity index is 0.00000242. The first-order valence-corrected chi connectivity index (χ1v) is 14.8. The van der Waals surface area contributed by atoms with E-state index in [0.717, 1.165) is 16.7 Å². The predicted octanol–water partition coefficient (Wildman–Crippen LogP) is 5.32. The minimum Gasteiger partial charge on any atom is -1.00 e. The van der Waals surface area contributed by atoms with E-state index in [-0.39, 0.29) is 30.4 Å². The molecule has 5 aromatic rings. The first-order chi connectivity index (χ1) is 19.4. The molecule has 0 atom stereocenters. The lowest BCUT2D eigenvalue weighted by Gasteiger charge is -2.14. The van der Waals surface area contributed by atoms with Gasteiger partial charge in [0, 0.05) is 36.5 Å². The summed E-state index contributed by atoms with van der Waals surface area (Å²) < 4.78 is 3.25. The van der Waals surface area contributed by atoms with E-state index in [9.17, 15) is 4.79 Å². The Morgan fingerprint density at radius 2 is 1.14 bits per heavy atom. The van der Waals surface area contributed by atoms with Crippen LogP contribution in [0.2, 0.25) is 20.1 Å². The van der Waals surface area contributed by atoms with Crippen molar-refractivity contribution in [3.05, 3.63) is 144 Å². The molecule has 0 spiro atoms. The van der Waals surface area contributed by atoms with Crippen LogP contribution >= 0.6 is 70.6 Å². The third kappa shape index (κ3) is 8.80. The van der Waals surface area contributed by atoms with Crippen molar-refractivity contribution in [2.24, 2.45) is 0 Å². The fourth-order valence-corrected chi connectivity index (χ4v) is 5.42. The molecule has 1 N–H and O–H groups in total. The molecule has 1 aromatic heterocycles. The van der Waals surface area contributed by atoms with E-state index >= 15 is 0 Å². The van der Waals surface area contributed by atoms with Crippen LogP contribution in [-0.2, 0) is 18.8 Å². The van der Waals surface area contributed by atoms with Gasteiger partial charge in [0.05, 0.1) is 12.1 Å². The third-order valence-electron chi connectivity index (χ3n) is 6.06. The highest BCUT2D eigenvalue weighted by molar-refractivity contribution is 7.98. The van der Waals surface area contributed by atoms with E-state index < -0.39 is 0 Å². The number of benzene rings is 4. The fourth-order valence-electron chi connectivity index (χ4n) is 3.99. The highest BCUT2D eigenvalue weighted by Gasteiger charge is 2.27. The topological polar surface area (TPSA) is 50.8 Å². The molecule has 0 saturated carbocycles. The van der Waals surface area contributed by atoms with Crippen LogP contribution < -0.4 is 28.1 Å². The van der Waals surface area contributed by atoms with Crippen LogP contribution in [0.3, 0.4) is 0 Å². The predicted molar refractivity (Wildman–Crippen MR) is 172 cm³/mol. The van der Waals surface area contributed by atoms with Gasteiger partial charge in [0.2, 0.25) is 6.54 Å². The minimum absolute atomic E-state index is 0. The molecule has 0 aliphatic rings. The van der Waals surface area contributed by atoms with E-state index in [4.69, 9.17) is 51.5 Å². The van der Waals surface area contributed by atoms with Gasteiger partial charge >= 0.3 is 11.3 Å². The van der Waals surface area contributed by atoms with Crippen molar-refractivity contribution in [1.82, 2.24) is 9.77 Å². The second-order valence-corrected chi connectivity index (χ2v) is 11.6. The molecule has 4 aromatic carbocycles. The van der Waals surface area contributed by atoms with Crippen molar-refractivity contribution in [2.45, 2.75) is 24.0 Å². The monoisotopic (exact) mass is 698 g/mol. The summed E-state index contributed by atoms with van der Waals surface area (Å²) in [5.74, 6) is 0.591. The van der Waals surface area contributed by atoms with E-state index in [1.807, 2.05) is 84.9 Å². The van der Waals surface area contributed by atoms with Gasteiger partial charge in [-0.25, -0.2) is 0 Å². The number of hydrogen-bond acceptors (Lipinski definition) is 4. The van der Waals surface area contributed by atoms with Crippen molar-refractivity contribution >= 4 is 70.6 Å². The molecule has 0 radical (unpaired) electrons. The Morgan fingerprint density at radius 1 is 0.690 bits per heavy atom. The molecule has 0 unspecified atom stereocenters. The first-order valence-electron chi connectivity index (χ1n) is 12.3. The normalized spacial score (nSPS) is 10.5. The lowest BCUT2D eigenvalue weighted by molar-refractivity contribution is -0.740. The largest absolute Gasteiger partial charge is 1.00 e. The Morgan fingerprint density at radius 3 is 1.67 bits per heavy atom. The number of thioether (sulfide) groups is 1. The third-order valence-corrected chi connectivity index (χ3v) is 8.07. The molecule has 0 amide bonds. The van der Waals surface area contributed by atoms with Crippen molar-refractivity contribution in [3.63, 3.8) is 0 Å². The van der Waals surface area contributed by atoms with Gasteiger partial charge in [-0.3, -0.25) is 4.79 Å². The Hall–Kier alpha value is -2.42. The molecule has 218 valence electrons. The Bertz CT molecular complexity index is 1660. The summed E-state index contributed by atoms with van der Waals surface area (Å²) in [6.07, 6.45) is 0. The molecule has 0 aliphatic heterocycles. The summed E-state index contributed by atoms with van der Waals surface area (Å²) in [5, 5.41) is 8.03. The minimum atomic E-state index is -0.237. The van der Waals surface area contributed by atoms with Crippen LogP contribution in [0.5, 0.6) is 0 Å². The maximum Gasteiger partial charge on any atom is 0.346 e. The van der Waals surface area contributed by atoms with E-state index in [1.165, 1.54) is 16.4 Å². The van der Waals surface area contributed by atoms with Gasteiger partial charge in [0.1, 0.15) is 0 Å². The second kappa shape index (κ2) is 15.9. The van der Waals surface area contributed by atoms with Crippen molar-refractivity contribution in [2.75, 3.05) is 5.43 Å². The Kier molecular flexibility index (Phi) is 12.9. The number of nitrogens with one attached hydrogen (secondary N) is 1. The number of aromatic nitrogens is 3. The average Bonchev–Trinajstić information content (AvgIpc) is 2.95. The number of halogens is 6. The lowest BCUT2D eigenvalue weighted by Crippen LogP contribution is -3.00. The standard InChI is InChI=1S/C30H22Cl4N4OS.2ClH/c31-24-9-1-20(2-10-24)17-35-38-29(39)28(23-7-15-27(34)16-8-23)37(18-21-3-11-25(32)12-4-21)36-30(38)40-19-22-5-13-26(33)14-6-22;;/h1-16H,17-19H2;2*1H. The van der Waals surface area contributed by atoms with Gasteiger partial charge < -0.3 is 17.8 Å². The second-order valence-electron chi connectivity index (χ2n) is 8.94. The molecule has 0 fully saturated rings. The van der Waals surface area contributed by atoms with Gasteiger partial charge in [0.25, 0.3) is 5.16 Å². The van der Waals surface area contributed by atoms with Crippen LogP contribution in [0.25, 0.3) is 11.3 Å². The summed E-state index contributed by atoms with van der Waals surface area (Å²) in [7, 11) is 0. The van der Waals surface area contributed by atoms with Gasteiger partial charge in [-0.15, -0.1) is 12.4 Å². The lowest BCUT2D eigenvalue weighted by atomic mass is 10.1. The molecule has 12 heteroatoms. The van der Waals surface area contributed by atoms with Gasteiger partial charge in [0.15, 0.2) is 0 Å². The zero-order valence-electron chi connectivity index (χ0n) is 21.8. The fraction of sp³-hybridized carbons (Fsp3) is 0.100. The Labute approximate surface area is 280 Å². The van der Waals surface area contributed by atoms with Gasteiger partial charge in [-0.05, 0) is 71.8 Å². The highest BCUT2D eigenvalue weighted by atomic mass is 35.5. The van der Waals surface area contributed by atoms with Crippen molar-refractivity contribution in [1.29, 1.82) is 0 Å². The average molecular weight is 701 g/mol. The molecule has 1 heterocycles. The molecule has 0 saturated heterocycles. The number of hydrogen-bond donors (Lipinski definition) is 1. The van der Waals surface area contributed by atoms with E-state index in [0.29, 0.717) is 55.3 Å². The summed E-state index contributed by atoms with van der Waals surface area (Å²) in [4.78, 5) is 14.2. The molecule has 0 aliphatic carbocycles. The van der Waals surface area contributed by atoms with E-state index in [1.54, 1.807) is 16.8 Å². The maximum atomic E-state index is 14.2. The first kappa shape index (κ1) is 34.1. The summed E-state index contributed by atoms with van der Waals surface area (Å²) in [6, 6.07) is 29.8.